The van der Waals surface area contributed by atoms with E-state index in [9.17, 15) is 0 Å². The summed E-state index contributed by atoms with van der Waals surface area (Å²) in [6.07, 6.45) is 15.0. The lowest BCUT2D eigenvalue weighted by Gasteiger charge is -1.82. The quantitative estimate of drug-likeness (QED) is 0.380. The molecular weight excluding hydrogens is 356 g/mol. The molecule has 0 aliphatic rings. The van der Waals surface area contributed by atoms with Gasteiger partial charge in [0, 0.05) is 37.5 Å². The van der Waals surface area contributed by atoms with Gasteiger partial charge in [-0.1, -0.05) is 59.8 Å². The highest BCUT2D eigenvalue weighted by Crippen LogP contribution is 1.89. The molecule has 2 heterocycles. The van der Waals surface area contributed by atoms with Crippen molar-refractivity contribution in [2.45, 2.75) is 76.2 Å². The summed E-state index contributed by atoms with van der Waals surface area (Å²) in [6.45, 7) is 22.0. The minimum atomic E-state index is 1.08. The van der Waals surface area contributed by atoms with Crippen LogP contribution in [0.15, 0.2) is 66.3 Å². The number of nitrogens with zero attached hydrogens (tertiary/aromatic N) is 4. The highest BCUT2D eigenvalue weighted by atomic mass is 15.2. The minimum Gasteiger partial charge on any atom is -0.276 e. The highest BCUT2D eigenvalue weighted by molar-refractivity contribution is 5.79. The fraction of sp³-hybridized carbons (Fsp3) is 0.480. The predicted molar refractivity (Wildman–Crippen MR) is 134 cm³/mol. The fourth-order valence-electron chi connectivity index (χ4n) is 1.34. The van der Waals surface area contributed by atoms with Crippen molar-refractivity contribution < 1.29 is 0 Å². The first-order valence-corrected chi connectivity index (χ1v) is 10.6. The number of aliphatic imine (C=N–C) groups is 1. The van der Waals surface area contributed by atoms with Gasteiger partial charge in [0.1, 0.15) is 0 Å². The molecule has 0 aliphatic carbocycles. The maximum absolute atomic E-state index is 4.05. The molecule has 0 fully saturated rings. The number of allylic oxidation sites excluding steroid dienone is 3. The molecule has 0 unspecified atom stereocenters. The average molecular weight is 403 g/mol. The number of aryl methyl sites for hydroxylation is 3. The molecule has 0 bridgehead atoms. The molecule has 0 radical (unpaired) electrons. The van der Waals surface area contributed by atoms with Crippen molar-refractivity contribution in [3.8, 4) is 0 Å². The molecule has 0 saturated carbocycles. The molecule has 0 aromatic carbocycles. The van der Waals surface area contributed by atoms with Crippen LogP contribution in [0.25, 0.3) is 0 Å². The van der Waals surface area contributed by atoms with Crippen LogP contribution in [0, 0.1) is 13.8 Å². The lowest BCUT2D eigenvalue weighted by Crippen LogP contribution is -1.83. The second-order valence-corrected chi connectivity index (χ2v) is 5.17. The second kappa shape index (κ2) is 30.2. The predicted octanol–water partition coefficient (Wildman–Crippen LogP) is 7.75. The molecule has 0 spiro atoms. The molecule has 2 aromatic heterocycles. The van der Waals surface area contributed by atoms with Crippen molar-refractivity contribution in [3.63, 3.8) is 0 Å². The van der Waals surface area contributed by atoms with Crippen LogP contribution in [0.3, 0.4) is 0 Å². The van der Waals surface area contributed by atoms with Crippen molar-refractivity contribution >= 4 is 5.71 Å². The van der Waals surface area contributed by atoms with Crippen LogP contribution in [0.5, 0.6) is 0 Å². The average Bonchev–Trinajstić information content (AvgIpc) is 3.14. The standard InChI is InChI=1S/C8H13N.C6H7N.C5H8N2.3C2H6/c1-4-5-6-7-9-8(2)3;1-6-3-2-4-7-5-6;1-5-3-6-7(2)4-5;3*1-2/h4-7H,1-3H3;2-5H,1H3;3-4H,1-2H3;3*1-2H3/b5-4+,7-6-;;;;;. The normalized spacial score (nSPS) is 8.41. The highest BCUT2D eigenvalue weighted by Gasteiger charge is 1.81. The molecule has 0 aliphatic heterocycles. The molecule has 2 rings (SSSR count). The van der Waals surface area contributed by atoms with Gasteiger partial charge in [-0.25, -0.2) is 0 Å². The number of aromatic nitrogens is 3. The molecule has 0 atom stereocenters. The van der Waals surface area contributed by atoms with Gasteiger partial charge in [-0.15, -0.1) is 0 Å². The number of hydrogen-bond acceptors (Lipinski definition) is 3. The van der Waals surface area contributed by atoms with E-state index in [0.29, 0.717) is 0 Å². The van der Waals surface area contributed by atoms with Gasteiger partial charge in [0.25, 0.3) is 0 Å². The van der Waals surface area contributed by atoms with Crippen LogP contribution in [0.1, 0.15) is 73.4 Å². The van der Waals surface area contributed by atoms with Crippen molar-refractivity contribution in [3.05, 3.63) is 72.5 Å². The summed E-state index contributed by atoms with van der Waals surface area (Å²) < 4.78 is 1.79. The van der Waals surface area contributed by atoms with Crippen LogP contribution < -0.4 is 0 Å². The number of hydrogen-bond donors (Lipinski definition) is 0. The molecular formula is C25H46N4. The first-order chi connectivity index (χ1) is 14.0. The minimum absolute atomic E-state index is 1.08. The Hall–Kier alpha value is -2.49. The Labute approximate surface area is 181 Å². The van der Waals surface area contributed by atoms with Crippen LogP contribution >= 0.6 is 0 Å². The largest absolute Gasteiger partial charge is 0.276 e. The van der Waals surface area contributed by atoms with Gasteiger partial charge >= 0.3 is 0 Å². The van der Waals surface area contributed by atoms with Gasteiger partial charge in [-0.2, -0.15) is 5.10 Å². The van der Waals surface area contributed by atoms with Crippen molar-refractivity contribution in [2.24, 2.45) is 12.0 Å². The van der Waals surface area contributed by atoms with E-state index in [0.717, 1.165) is 5.71 Å². The van der Waals surface area contributed by atoms with E-state index in [1.807, 2.05) is 132 Å². The van der Waals surface area contributed by atoms with Crippen LogP contribution in [-0.2, 0) is 7.05 Å². The summed E-state index contributed by atoms with van der Waals surface area (Å²) in [5.74, 6) is 0. The summed E-state index contributed by atoms with van der Waals surface area (Å²) in [5.41, 5.74) is 3.50. The Morgan fingerprint density at radius 3 is 1.76 bits per heavy atom. The number of pyridine rings is 1. The maximum Gasteiger partial charge on any atom is 0.0518 e. The summed E-state index contributed by atoms with van der Waals surface area (Å²) in [7, 11) is 1.91. The third-order valence-corrected chi connectivity index (χ3v) is 2.37. The van der Waals surface area contributed by atoms with E-state index in [1.54, 1.807) is 17.1 Å². The smallest absolute Gasteiger partial charge is 0.0518 e. The fourth-order valence-corrected chi connectivity index (χ4v) is 1.34. The zero-order chi connectivity index (χ0) is 23.5. The molecule has 29 heavy (non-hydrogen) atoms. The molecule has 4 heteroatoms. The summed E-state index contributed by atoms with van der Waals surface area (Å²) in [4.78, 5) is 7.93. The van der Waals surface area contributed by atoms with Gasteiger partial charge < -0.3 is 0 Å². The van der Waals surface area contributed by atoms with Gasteiger partial charge in [-0.05, 0) is 57.9 Å². The summed E-state index contributed by atoms with van der Waals surface area (Å²) in [6, 6.07) is 3.95. The molecule has 166 valence electrons. The Kier molecular flexibility index (Phi) is 35.5. The molecule has 0 N–H and O–H groups in total. The molecule has 4 nitrogen and oxygen atoms in total. The zero-order valence-corrected chi connectivity index (χ0v) is 21.1. The van der Waals surface area contributed by atoms with Gasteiger partial charge in [-0.3, -0.25) is 14.7 Å². The molecule has 2 aromatic rings. The van der Waals surface area contributed by atoms with Gasteiger partial charge in [0.15, 0.2) is 0 Å². The molecule has 0 saturated heterocycles. The van der Waals surface area contributed by atoms with Gasteiger partial charge in [0.05, 0.1) is 6.20 Å². The van der Waals surface area contributed by atoms with Crippen LogP contribution in [0.4, 0.5) is 0 Å². The Morgan fingerprint density at radius 1 is 0.931 bits per heavy atom. The Bertz CT molecular complexity index is 588. The Balaban J connectivity index is -0.000000143. The Morgan fingerprint density at radius 2 is 1.52 bits per heavy atom. The first kappa shape index (κ1) is 34.0. The van der Waals surface area contributed by atoms with Crippen LogP contribution in [-0.4, -0.2) is 20.5 Å². The van der Waals surface area contributed by atoms with E-state index < -0.39 is 0 Å². The lowest BCUT2D eigenvalue weighted by molar-refractivity contribution is 0.767. The summed E-state index contributed by atoms with van der Waals surface area (Å²) in [5, 5.41) is 3.93. The lowest BCUT2D eigenvalue weighted by atomic mass is 10.3. The van der Waals surface area contributed by atoms with E-state index >= 15 is 0 Å². The monoisotopic (exact) mass is 402 g/mol. The SMILES string of the molecule is C/C=C/C=C\N=C(C)C.CC.CC.CC.Cc1cccnc1.Cc1cnn(C)c1. The van der Waals surface area contributed by atoms with E-state index in [2.05, 4.69) is 15.1 Å². The molecule has 0 amide bonds. The maximum atomic E-state index is 4.05. The second-order valence-electron chi connectivity index (χ2n) is 5.17. The van der Waals surface area contributed by atoms with E-state index in [4.69, 9.17) is 0 Å². The van der Waals surface area contributed by atoms with Gasteiger partial charge in [0.2, 0.25) is 0 Å². The first-order valence-electron chi connectivity index (χ1n) is 10.6. The van der Waals surface area contributed by atoms with Crippen LogP contribution in [0.2, 0.25) is 0 Å². The zero-order valence-electron chi connectivity index (χ0n) is 21.1. The van der Waals surface area contributed by atoms with Crippen molar-refractivity contribution in [2.75, 3.05) is 0 Å². The summed E-state index contributed by atoms with van der Waals surface area (Å²) >= 11 is 0. The topological polar surface area (TPSA) is 43.1 Å². The third kappa shape index (κ3) is 33.5. The third-order valence-electron chi connectivity index (χ3n) is 2.37. The van der Waals surface area contributed by atoms with Crippen molar-refractivity contribution in [1.29, 1.82) is 0 Å². The van der Waals surface area contributed by atoms with E-state index in [1.165, 1.54) is 11.1 Å². The number of rotatable bonds is 2. The van der Waals surface area contributed by atoms with E-state index in [-0.39, 0.29) is 0 Å². The van der Waals surface area contributed by atoms with Crippen molar-refractivity contribution in [1.82, 2.24) is 14.8 Å².